The predicted molar refractivity (Wildman–Crippen MR) is 84.3 cm³/mol. The van der Waals surface area contributed by atoms with Gasteiger partial charge in [-0.15, -0.1) is 0 Å². The fraction of sp³-hybridized carbons (Fsp3) is 0.375. The molecule has 0 atom stereocenters. The zero-order valence-corrected chi connectivity index (χ0v) is 13.4. The van der Waals surface area contributed by atoms with E-state index in [2.05, 4.69) is 0 Å². The Labute approximate surface area is 136 Å². The van der Waals surface area contributed by atoms with E-state index in [4.69, 9.17) is 16.3 Å². The third kappa shape index (κ3) is 2.28. The molecule has 0 unspecified atom stereocenters. The number of halogens is 2. The topological polar surface area (TPSA) is 68.5 Å². The number of pyridine rings is 1. The molecule has 1 N–H and O–H groups in total. The van der Waals surface area contributed by atoms with Crippen molar-refractivity contribution >= 4 is 28.5 Å². The average molecular weight is 340 g/mol. The quantitative estimate of drug-likeness (QED) is 0.927. The van der Waals surface area contributed by atoms with E-state index < -0.39 is 17.2 Å². The average Bonchev–Trinajstić information content (AvgIpc) is 3.33. The van der Waals surface area contributed by atoms with Crippen LogP contribution in [0.4, 0.5) is 4.39 Å². The van der Waals surface area contributed by atoms with E-state index >= 15 is 0 Å². The number of benzene rings is 1. The molecule has 3 rings (SSSR count). The highest BCUT2D eigenvalue weighted by Gasteiger charge is 2.33. The van der Waals surface area contributed by atoms with Crippen LogP contribution < -0.4 is 10.2 Å². The first-order valence-electron chi connectivity index (χ1n) is 7.28. The van der Waals surface area contributed by atoms with Gasteiger partial charge in [-0.25, -0.2) is 9.18 Å². The molecule has 5 nitrogen and oxygen atoms in total. The highest BCUT2D eigenvalue weighted by molar-refractivity contribution is 6.33. The van der Waals surface area contributed by atoms with E-state index in [1.165, 1.54) is 7.11 Å². The fourth-order valence-corrected chi connectivity index (χ4v) is 3.24. The minimum atomic E-state index is -1.31. The van der Waals surface area contributed by atoms with Gasteiger partial charge in [-0.1, -0.05) is 18.5 Å². The molecule has 23 heavy (non-hydrogen) atoms. The van der Waals surface area contributed by atoms with Crippen molar-refractivity contribution in [2.45, 2.75) is 32.2 Å². The second-order valence-electron chi connectivity index (χ2n) is 5.51. The molecule has 1 heterocycles. The lowest BCUT2D eigenvalue weighted by Gasteiger charge is -2.20. The van der Waals surface area contributed by atoms with E-state index in [1.807, 2.05) is 0 Å². The maximum absolute atomic E-state index is 14.0. The molecule has 2 aromatic rings. The molecule has 1 aromatic carbocycles. The zero-order chi connectivity index (χ0) is 16.9. The van der Waals surface area contributed by atoms with Crippen LogP contribution in [0.15, 0.2) is 10.9 Å². The van der Waals surface area contributed by atoms with Crippen LogP contribution in [0.3, 0.4) is 0 Å². The van der Waals surface area contributed by atoms with Crippen LogP contribution in [0.1, 0.15) is 41.9 Å². The normalized spacial score (nSPS) is 14.3. The van der Waals surface area contributed by atoms with Gasteiger partial charge in [-0.3, -0.25) is 4.79 Å². The molecular formula is C16H15ClFNO4. The summed E-state index contributed by atoms with van der Waals surface area (Å²) < 4.78 is 21.0. The molecule has 1 aliphatic carbocycles. The van der Waals surface area contributed by atoms with Crippen LogP contribution >= 0.6 is 11.6 Å². The Hall–Kier alpha value is -2.08. The van der Waals surface area contributed by atoms with Crippen LogP contribution in [0.5, 0.6) is 5.75 Å². The van der Waals surface area contributed by atoms with E-state index in [1.54, 1.807) is 11.5 Å². The lowest BCUT2D eigenvalue weighted by Crippen LogP contribution is -2.24. The summed E-state index contributed by atoms with van der Waals surface area (Å²) in [5, 5.41) is 9.22. The van der Waals surface area contributed by atoms with E-state index in [-0.39, 0.29) is 27.8 Å². The van der Waals surface area contributed by atoms with Gasteiger partial charge in [0.1, 0.15) is 16.4 Å². The number of fused-ring (bicyclic) bond motifs is 1. The summed E-state index contributed by atoms with van der Waals surface area (Å²) in [4.78, 5) is 24.2. The first kappa shape index (κ1) is 15.8. The van der Waals surface area contributed by atoms with Crippen LogP contribution in [-0.2, 0) is 6.42 Å². The standard InChI is InChI=1S/C16H15ClFNO4/c1-3-10-11(16(21)22)14(20)8-6-9(18)12(17)15(23-2)13(8)19(10)7-4-5-7/h6-7H,3-5H2,1-2H3,(H,21,22). The fourth-order valence-electron chi connectivity index (χ4n) is 3.02. The maximum atomic E-state index is 14.0. The van der Waals surface area contributed by atoms with E-state index in [0.29, 0.717) is 17.6 Å². The minimum Gasteiger partial charge on any atom is -0.493 e. The summed E-state index contributed by atoms with van der Waals surface area (Å²) in [5.41, 5.74) is -0.238. The molecule has 0 radical (unpaired) electrons. The monoisotopic (exact) mass is 339 g/mol. The second-order valence-corrected chi connectivity index (χ2v) is 5.89. The largest absolute Gasteiger partial charge is 0.493 e. The van der Waals surface area contributed by atoms with Crippen LogP contribution in [0.25, 0.3) is 10.9 Å². The molecule has 0 aliphatic heterocycles. The van der Waals surface area contributed by atoms with Gasteiger partial charge in [0.2, 0.25) is 5.43 Å². The smallest absolute Gasteiger partial charge is 0.341 e. The summed E-state index contributed by atoms with van der Waals surface area (Å²) >= 11 is 5.99. The van der Waals surface area contributed by atoms with Crippen molar-refractivity contribution in [3.05, 3.63) is 38.4 Å². The Bertz CT molecular complexity index is 886. The van der Waals surface area contributed by atoms with Crippen LogP contribution in [0.2, 0.25) is 5.02 Å². The number of nitrogens with zero attached hydrogens (tertiary/aromatic N) is 1. The molecule has 0 spiro atoms. The Morgan fingerprint density at radius 3 is 2.65 bits per heavy atom. The molecule has 0 bridgehead atoms. The van der Waals surface area contributed by atoms with Gasteiger partial charge in [0.25, 0.3) is 0 Å². The lowest BCUT2D eigenvalue weighted by molar-refractivity contribution is 0.0693. The van der Waals surface area contributed by atoms with Crippen molar-refractivity contribution in [2.24, 2.45) is 0 Å². The number of hydrogen-bond donors (Lipinski definition) is 1. The number of aromatic nitrogens is 1. The third-order valence-electron chi connectivity index (χ3n) is 4.11. The number of methoxy groups -OCH3 is 1. The summed E-state index contributed by atoms with van der Waals surface area (Å²) in [6, 6.07) is 1.06. The van der Waals surface area contributed by atoms with Gasteiger partial charge in [0, 0.05) is 11.7 Å². The highest BCUT2D eigenvalue weighted by atomic mass is 35.5. The van der Waals surface area contributed by atoms with Crippen molar-refractivity contribution in [3.63, 3.8) is 0 Å². The molecular weight excluding hydrogens is 325 g/mol. The Morgan fingerprint density at radius 2 is 2.17 bits per heavy atom. The number of carboxylic acids is 1. The van der Waals surface area contributed by atoms with Gasteiger partial charge >= 0.3 is 5.97 Å². The van der Waals surface area contributed by atoms with Crippen molar-refractivity contribution in [1.82, 2.24) is 4.57 Å². The zero-order valence-electron chi connectivity index (χ0n) is 12.7. The number of carboxylic acid groups (broad SMARTS) is 1. The Kier molecular flexibility index (Phi) is 3.80. The molecule has 1 saturated carbocycles. The first-order valence-corrected chi connectivity index (χ1v) is 7.66. The number of carbonyl (C=O) groups is 1. The van der Waals surface area contributed by atoms with E-state index in [9.17, 15) is 19.1 Å². The second kappa shape index (κ2) is 5.53. The summed E-state index contributed by atoms with van der Waals surface area (Å²) in [5.74, 6) is -2.05. The summed E-state index contributed by atoms with van der Waals surface area (Å²) in [6.07, 6.45) is 2.09. The van der Waals surface area contributed by atoms with Gasteiger partial charge in [0.15, 0.2) is 5.75 Å². The SMILES string of the molecule is CCc1c(C(=O)O)c(=O)c2cc(F)c(Cl)c(OC)c2n1C1CC1. The Morgan fingerprint density at radius 1 is 1.52 bits per heavy atom. The molecule has 122 valence electrons. The molecule has 1 aromatic heterocycles. The number of rotatable bonds is 4. The highest BCUT2D eigenvalue weighted by Crippen LogP contribution is 2.43. The van der Waals surface area contributed by atoms with Gasteiger partial charge in [0.05, 0.1) is 18.0 Å². The molecule has 0 saturated heterocycles. The molecule has 0 amide bonds. The number of hydrogen-bond acceptors (Lipinski definition) is 3. The minimum absolute atomic E-state index is 0.0229. The van der Waals surface area contributed by atoms with Gasteiger partial charge in [-0.05, 0) is 25.3 Å². The maximum Gasteiger partial charge on any atom is 0.341 e. The lowest BCUT2D eigenvalue weighted by atomic mass is 10.0. The van der Waals surface area contributed by atoms with Crippen molar-refractivity contribution in [3.8, 4) is 5.75 Å². The van der Waals surface area contributed by atoms with Gasteiger partial charge < -0.3 is 14.4 Å². The predicted octanol–water partition coefficient (Wildman–Crippen LogP) is 3.40. The summed E-state index contributed by atoms with van der Waals surface area (Å²) in [7, 11) is 1.35. The number of aromatic carboxylic acids is 1. The van der Waals surface area contributed by atoms with Gasteiger partial charge in [-0.2, -0.15) is 0 Å². The van der Waals surface area contributed by atoms with E-state index in [0.717, 1.165) is 18.9 Å². The Balaban J connectivity index is 2.61. The molecule has 1 aliphatic rings. The third-order valence-corrected chi connectivity index (χ3v) is 4.46. The van der Waals surface area contributed by atoms with Crippen LogP contribution in [0, 0.1) is 5.82 Å². The van der Waals surface area contributed by atoms with Crippen molar-refractivity contribution < 1.29 is 19.0 Å². The van der Waals surface area contributed by atoms with Crippen molar-refractivity contribution in [2.75, 3.05) is 7.11 Å². The number of ether oxygens (including phenoxy) is 1. The molecule has 1 fully saturated rings. The molecule has 7 heteroatoms. The van der Waals surface area contributed by atoms with Crippen LogP contribution in [-0.4, -0.2) is 22.8 Å². The first-order chi connectivity index (χ1) is 10.9. The van der Waals surface area contributed by atoms with Crippen molar-refractivity contribution in [1.29, 1.82) is 0 Å². The summed E-state index contributed by atoms with van der Waals surface area (Å²) in [6.45, 7) is 1.78.